The highest BCUT2D eigenvalue weighted by Gasteiger charge is 2.21. The first kappa shape index (κ1) is 18.8. The molecule has 0 radical (unpaired) electrons. The molecule has 25 heavy (non-hydrogen) atoms. The van der Waals surface area contributed by atoms with Crippen molar-refractivity contribution in [3.05, 3.63) is 65.0 Å². The Hall–Kier alpha value is -2.56. The maximum absolute atomic E-state index is 13.1. The minimum atomic E-state index is -0.289. The monoisotopic (exact) mass is 344 g/mol. The number of carbonyl (C=O) groups excluding carboxylic acids is 1. The molecule has 0 aliphatic carbocycles. The number of nitrogens with one attached hydrogen (secondary N) is 1. The van der Waals surface area contributed by atoms with Crippen LogP contribution in [-0.4, -0.2) is 25.1 Å². The number of methoxy groups -OCH3 is 1. The molecule has 2 atom stereocenters. The molecular formula is C20H25FN2O2. The Labute approximate surface area is 148 Å². The standard InChI is InChI=1S/C20H25FN2O2/c1-13-6-11-19(25-5)18(12-13)14(2)22-20(24)23(4)15(3)16-7-9-17(21)10-8-16/h6-12,14-15H,1-5H3,(H,22,24)/t14-,15+/m0/s1. The van der Waals surface area contributed by atoms with Crippen LogP contribution < -0.4 is 10.1 Å². The van der Waals surface area contributed by atoms with Gasteiger partial charge in [-0.1, -0.05) is 29.8 Å². The number of halogens is 1. The normalized spacial score (nSPS) is 13.0. The summed E-state index contributed by atoms with van der Waals surface area (Å²) < 4.78 is 18.5. The lowest BCUT2D eigenvalue weighted by molar-refractivity contribution is 0.191. The van der Waals surface area contributed by atoms with Crippen molar-refractivity contribution in [2.24, 2.45) is 0 Å². The average molecular weight is 344 g/mol. The van der Waals surface area contributed by atoms with Crippen LogP contribution in [0.3, 0.4) is 0 Å². The molecule has 1 N–H and O–H groups in total. The second kappa shape index (κ2) is 8.01. The molecule has 0 heterocycles. The third-order valence-corrected chi connectivity index (χ3v) is 4.45. The summed E-state index contributed by atoms with van der Waals surface area (Å²) in [7, 11) is 3.34. The molecule has 2 aromatic rings. The molecule has 0 spiro atoms. The van der Waals surface area contributed by atoms with Crippen LogP contribution in [0.25, 0.3) is 0 Å². The van der Waals surface area contributed by atoms with Crippen molar-refractivity contribution in [2.75, 3.05) is 14.2 Å². The first-order valence-electron chi connectivity index (χ1n) is 8.26. The third kappa shape index (κ3) is 4.50. The maximum atomic E-state index is 13.1. The second-order valence-corrected chi connectivity index (χ2v) is 6.26. The molecule has 0 aromatic heterocycles. The highest BCUT2D eigenvalue weighted by molar-refractivity contribution is 5.75. The van der Waals surface area contributed by atoms with E-state index in [1.54, 1.807) is 31.2 Å². The highest BCUT2D eigenvalue weighted by Crippen LogP contribution is 2.27. The van der Waals surface area contributed by atoms with Crippen molar-refractivity contribution in [2.45, 2.75) is 32.9 Å². The van der Waals surface area contributed by atoms with Crippen LogP contribution in [0.1, 0.15) is 42.6 Å². The Balaban J connectivity index is 2.10. The van der Waals surface area contributed by atoms with Gasteiger partial charge >= 0.3 is 6.03 Å². The smallest absolute Gasteiger partial charge is 0.318 e. The molecule has 2 rings (SSSR count). The fourth-order valence-corrected chi connectivity index (χ4v) is 2.70. The summed E-state index contributed by atoms with van der Waals surface area (Å²) in [5.74, 6) is 0.454. The molecule has 4 nitrogen and oxygen atoms in total. The molecule has 2 aromatic carbocycles. The van der Waals surface area contributed by atoms with Gasteiger partial charge in [-0.15, -0.1) is 0 Å². The quantitative estimate of drug-likeness (QED) is 0.861. The van der Waals surface area contributed by atoms with E-state index in [-0.39, 0.29) is 23.9 Å². The van der Waals surface area contributed by atoms with Gasteiger partial charge in [-0.25, -0.2) is 9.18 Å². The van der Waals surface area contributed by atoms with E-state index in [0.29, 0.717) is 0 Å². The van der Waals surface area contributed by atoms with Gasteiger partial charge in [-0.05, 0) is 44.5 Å². The van der Waals surface area contributed by atoms with Crippen molar-refractivity contribution in [3.63, 3.8) is 0 Å². The Morgan fingerprint density at radius 1 is 1.16 bits per heavy atom. The molecule has 5 heteroatoms. The number of benzene rings is 2. The van der Waals surface area contributed by atoms with Gasteiger partial charge in [-0.3, -0.25) is 0 Å². The number of nitrogens with zero attached hydrogens (tertiary/aromatic N) is 1. The fraction of sp³-hybridized carbons (Fsp3) is 0.350. The lowest BCUT2D eigenvalue weighted by Gasteiger charge is -2.28. The van der Waals surface area contributed by atoms with E-state index in [9.17, 15) is 9.18 Å². The molecule has 0 unspecified atom stereocenters. The van der Waals surface area contributed by atoms with Crippen molar-refractivity contribution < 1.29 is 13.9 Å². The molecule has 0 aliphatic heterocycles. The first-order chi connectivity index (χ1) is 11.8. The summed E-state index contributed by atoms with van der Waals surface area (Å²) >= 11 is 0. The third-order valence-electron chi connectivity index (χ3n) is 4.45. The molecule has 134 valence electrons. The largest absolute Gasteiger partial charge is 0.496 e. The van der Waals surface area contributed by atoms with Crippen LogP contribution in [0.5, 0.6) is 5.75 Å². The summed E-state index contributed by atoms with van der Waals surface area (Å²) in [6.07, 6.45) is 0. The number of urea groups is 1. The number of hydrogen-bond donors (Lipinski definition) is 1. The minimum absolute atomic E-state index is 0.174. The maximum Gasteiger partial charge on any atom is 0.318 e. The van der Waals surface area contributed by atoms with Gasteiger partial charge in [0.05, 0.1) is 19.2 Å². The first-order valence-corrected chi connectivity index (χ1v) is 8.26. The topological polar surface area (TPSA) is 41.6 Å². The van der Waals surface area contributed by atoms with Gasteiger partial charge in [0, 0.05) is 12.6 Å². The number of ether oxygens (including phenoxy) is 1. The van der Waals surface area contributed by atoms with E-state index < -0.39 is 0 Å². The summed E-state index contributed by atoms with van der Waals surface area (Å²) in [4.78, 5) is 14.2. The van der Waals surface area contributed by atoms with E-state index in [1.807, 2.05) is 39.0 Å². The van der Waals surface area contributed by atoms with Crippen molar-refractivity contribution >= 4 is 6.03 Å². The van der Waals surface area contributed by atoms with E-state index in [1.165, 1.54) is 12.1 Å². The number of carbonyl (C=O) groups is 1. The molecule has 0 saturated heterocycles. The Bertz CT molecular complexity index is 731. The lowest BCUT2D eigenvalue weighted by atomic mass is 10.0. The predicted molar refractivity (Wildman–Crippen MR) is 97.3 cm³/mol. The van der Waals surface area contributed by atoms with Gasteiger partial charge in [0.15, 0.2) is 0 Å². The molecule has 0 saturated carbocycles. The van der Waals surface area contributed by atoms with Crippen molar-refractivity contribution in [1.82, 2.24) is 10.2 Å². The van der Waals surface area contributed by atoms with Crippen LogP contribution in [0, 0.1) is 12.7 Å². The molecule has 0 aliphatic rings. The van der Waals surface area contributed by atoms with Gasteiger partial charge in [0.25, 0.3) is 0 Å². The van der Waals surface area contributed by atoms with Crippen LogP contribution >= 0.6 is 0 Å². The zero-order valence-corrected chi connectivity index (χ0v) is 15.3. The lowest BCUT2D eigenvalue weighted by Crippen LogP contribution is -2.40. The summed E-state index contributed by atoms with van der Waals surface area (Å²) in [5, 5.41) is 2.99. The fourth-order valence-electron chi connectivity index (χ4n) is 2.70. The predicted octanol–water partition coefficient (Wildman–Crippen LogP) is 4.61. The summed E-state index contributed by atoms with van der Waals surface area (Å²) in [6, 6.07) is 11.5. The number of hydrogen-bond acceptors (Lipinski definition) is 2. The highest BCUT2D eigenvalue weighted by atomic mass is 19.1. The summed E-state index contributed by atoms with van der Waals surface area (Å²) in [6.45, 7) is 5.83. The zero-order valence-electron chi connectivity index (χ0n) is 15.3. The second-order valence-electron chi connectivity index (χ2n) is 6.26. The number of amides is 2. The van der Waals surface area contributed by atoms with Crippen LogP contribution in [-0.2, 0) is 0 Å². The molecule has 0 fully saturated rings. The molecule has 2 amide bonds. The van der Waals surface area contributed by atoms with Crippen LogP contribution in [0.4, 0.5) is 9.18 Å². The van der Waals surface area contributed by atoms with E-state index in [2.05, 4.69) is 5.32 Å². The number of rotatable bonds is 5. The van der Waals surface area contributed by atoms with Gasteiger partial charge in [0.2, 0.25) is 0 Å². The summed E-state index contributed by atoms with van der Waals surface area (Å²) in [5.41, 5.74) is 2.91. The van der Waals surface area contributed by atoms with Gasteiger partial charge < -0.3 is 15.0 Å². The minimum Gasteiger partial charge on any atom is -0.496 e. The van der Waals surface area contributed by atoms with Crippen LogP contribution in [0.2, 0.25) is 0 Å². The van der Waals surface area contributed by atoms with Gasteiger partial charge in [-0.2, -0.15) is 0 Å². The van der Waals surface area contributed by atoms with Crippen molar-refractivity contribution in [1.29, 1.82) is 0 Å². The van der Waals surface area contributed by atoms with E-state index in [0.717, 1.165) is 22.4 Å². The number of aryl methyl sites for hydroxylation is 1. The molecule has 0 bridgehead atoms. The van der Waals surface area contributed by atoms with E-state index >= 15 is 0 Å². The van der Waals surface area contributed by atoms with Crippen molar-refractivity contribution in [3.8, 4) is 5.75 Å². The SMILES string of the molecule is COc1ccc(C)cc1[C@H](C)NC(=O)N(C)[C@H](C)c1ccc(F)cc1. The van der Waals surface area contributed by atoms with Crippen LogP contribution in [0.15, 0.2) is 42.5 Å². The zero-order chi connectivity index (χ0) is 18.6. The van der Waals surface area contributed by atoms with Gasteiger partial charge in [0.1, 0.15) is 11.6 Å². The Morgan fingerprint density at radius 3 is 2.40 bits per heavy atom. The molecular weight excluding hydrogens is 319 g/mol. The average Bonchev–Trinajstić information content (AvgIpc) is 2.60. The Morgan fingerprint density at radius 2 is 1.80 bits per heavy atom. The van der Waals surface area contributed by atoms with E-state index in [4.69, 9.17) is 4.74 Å². The Kier molecular flexibility index (Phi) is 6.02.